The van der Waals surface area contributed by atoms with E-state index in [1.54, 1.807) is 6.33 Å². The average Bonchev–Trinajstić information content (AvgIpc) is 3.17. The molecule has 0 aliphatic heterocycles. The molecule has 29 heavy (non-hydrogen) atoms. The van der Waals surface area contributed by atoms with E-state index in [4.69, 9.17) is 0 Å². The van der Waals surface area contributed by atoms with Gasteiger partial charge < -0.3 is 4.57 Å². The summed E-state index contributed by atoms with van der Waals surface area (Å²) in [7, 11) is 0. The number of nitrogens with one attached hydrogen (secondary N) is 1. The molecule has 0 atom stereocenters. The standard InChI is InChI=1S/C24H22N4O/c1-18(24(19-10-4-2-5-11-19)20-12-6-3-7-13-20)26-27-23(29)16-28-17-25-21-14-8-9-15-22(21)28/h2-15,17,24H,16H2,1H3,(H,27,29)/b26-18-. The van der Waals surface area contributed by atoms with Crippen LogP contribution in [-0.2, 0) is 11.3 Å². The largest absolute Gasteiger partial charge is 0.321 e. The maximum absolute atomic E-state index is 12.5. The van der Waals surface area contributed by atoms with Crippen molar-refractivity contribution in [2.45, 2.75) is 19.4 Å². The second kappa shape index (κ2) is 8.52. The first kappa shape index (κ1) is 18.6. The fraction of sp³-hybridized carbons (Fsp3) is 0.125. The highest BCUT2D eigenvalue weighted by atomic mass is 16.2. The number of aromatic nitrogens is 2. The molecule has 1 aromatic heterocycles. The van der Waals surface area contributed by atoms with E-state index in [0.717, 1.165) is 27.9 Å². The van der Waals surface area contributed by atoms with Crippen LogP contribution in [0.15, 0.2) is 96.4 Å². The quantitative estimate of drug-likeness (QED) is 0.398. The molecule has 0 saturated heterocycles. The lowest BCUT2D eigenvalue weighted by Gasteiger charge is -2.18. The second-order valence-corrected chi connectivity index (χ2v) is 6.90. The third-order valence-electron chi connectivity index (χ3n) is 4.88. The van der Waals surface area contributed by atoms with E-state index in [9.17, 15) is 4.79 Å². The summed E-state index contributed by atoms with van der Waals surface area (Å²) in [6, 6.07) is 28.1. The van der Waals surface area contributed by atoms with Crippen LogP contribution in [-0.4, -0.2) is 21.2 Å². The fourth-order valence-corrected chi connectivity index (χ4v) is 3.51. The molecular formula is C24H22N4O. The number of carbonyl (C=O) groups is 1. The Labute approximate surface area is 169 Å². The SMILES string of the molecule is C/C(=N/NC(=O)Cn1cnc2ccccc21)C(c1ccccc1)c1ccccc1. The number of hydrazone groups is 1. The summed E-state index contributed by atoms with van der Waals surface area (Å²) >= 11 is 0. The van der Waals surface area contributed by atoms with Crippen molar-refractivity contribution < 1.29 is 4.79 Å². The van der Waals surface area contributed by atoms with Crippen molar-refractivity contribution in [3.63, 3.8) is 0 Å². The number of hydrogen-bond acceptors (Lipinski definition) is 3. The highest BCUT2D eigenvalue weighted by Gasteiger charge is 2.17. The molecule has 3 aromatic carbocycles. The minimum Gasteiger partial charge on any atom is -0.321 e. The molecule has 4 aromatic rings. The summed E-state index contributed by atoms with van der Waals surface area (Å²) in [5.74, 6) is -0.209. The molecule has 0 spiro atoms. The van der Waals surface area contributed by atoms with Gasteiger partial charge in [0, 0.05) is 11.6 Å². The topological polar surface area (TPSA) is 59.3 Å². The number of imidazole rings is 1. The lowest BCUT2D eigenvalue weighted by molar-refractivity contribution is -0.121. The van der Waals surface area contributed by atoms with Crippen LogP contribution in [0.4, 0.5) is 0 Å². The molecule has 0 unspecified atom stereocenters. The third-order valence-corrected chi connectivity index (χ3v) is 4.88. The number of para-hydroxylation sites is 2. The second-order valence-electron chi connectivity index (χ2n) is 6.90. The number of nitrogens with zero attached hydrogens (tertiary/aromatic N) is 3. The highest BCUT2D eigenvalue weighted by Crippen LogP contribution is 2.26. The fourth-order valence-electron chi connectivity index (χ4n) is 3.51. The van der Waals surface area contributed by atoms with Gasteiger partial charge in [0.15, 0.2) is 0 Å². The normalized spacial score (nSPS) is 11.7. The van der Waals surface area contributed by atoms with E-state index in [-0.39, 0.29) is 18.4 Å². The molecule has 0 fully saturated rings. The summed E-state index contributed by atoms with van der Waals surface area (Å²) < 4.78 is 1.82. The highest BCUT2D eigenvalue weighted by molar-refractivity contribution is 5.93. The van der Waals surface area contributed by atoms with E-state index in [1.807, 2.05) is 72.2 Å². The molecule has 4 rings (SSSR count). The Morgan fingerprint density at radius 2 is 1.52 bits per heavy atom. The van der Waals surface area contributed by atoms with Crippen LogP contribution in [0, 0.1) is 0 Å². The molecule has 0 saturated carbocycles. The number of rotatable bonds is 6. The van der Waals surface area contributed by atoms with Crippen molar-refractivity contribution >= 4 is 22.7 Å². The Bertz CT molecular complexity index is 1090. The van der Waals surface area contributed by atoms with Crippen LogP contribution in [0.5, 0.6) is 0 Å². The van der Waals surface area contributed by atoms with Crippen molar-refractivity contribution in [3.8, 4) is 0 Å². The van der Waals surface area contributed by atoms with E-state index < -0.39 is 0 Å². The first-order valence-corrected chi connectivity index (χ1v) is 9.55. The maximum Gasteiger partial charge on any atom is 0.260 e. The predicted octanol–water partition coefficient (Wildman–Crippen LogP) is 4.36. The number of hydrogen-bond donors (Lipinski definition) is 1. The third kappa shape index (κ3) is 4.24. The van der Waals surface area contributed by atoms with Gasteiger partial charge in [-0.05, 0) is 30.2 Å². The van der Waals surface area contributed by atoms with Gasteiger partial charge in [-0.1, -0.05) is 72.8 Å². The Morgan fingerprint density at radius 1 is 0.931 bits per heavy atom. The van der Waals surface area contributed by atoms with Gasteiger partial charge in [0.25, 0.3) is 5.91 Å². The van der Waals surface area contributed by atoms with Crippen LogP contribution in [0.3, 0.4) is 0 Å². The van der Waals surface area contributed by atoms with E-state index >= 15 is 0 Å². The molecule has 1 heterocycles. The zero-order valence-corrected chi connectivity index (χ0v) is 16.2. The van der Waals surface area contributed by atoms with Crippen LogP contribution in [0.1, 0.15) is 24.0 Å². The van der Waals surface area contributed by atoms with Gasteiger partial charge in [-0.25, -0.2) is 10.4 Å². The van der Waals surface area contributed by atoms with E-state index in [2.05, 4.69) is 39.8 Å². The monoisotopic (exact) mass is 382 g/mol. The Balaban J connectivity index is 1.53. The summed E-state index contributed by atoms with van der Waals surface area (Å²) in [6.45, 7) is 2.11. The summed E-state index contributed by atoms with van der Waals surface area (Å²) in [5, 5.41) is 4.42. The van der Waals surface area contributed by atoms with Gasteiger partial charge in [-0.3, -0.25) is 4.79 Å². The molecule has 0 aliphatic rings. The van der Waals surface area contributed by atoms with Crippen molar-refractivity contribution in [3.05, 3.63) is 102 Å². The first-order valence-electron chi connectivity index (χ1n) is 9.55. The number of amides is 1. The van der Waals surface area contributed by atoms with E-state index in [0.29, 0.717) is 0 Å². The van der Waals surface area contributed by atoms with Gasteiger partial charge >= 0.3 is 0 Å². The molecule has 5 nitrogen and oxygen atoms in total. The van der Waals surface area contributed by atoms with Crippen molar-refractivity contribution in [1.29, 1.82) is 0 Å². The van der Waals surface area contributed by atoms with Gasteiger partial charge in [0.1, 0.15) is 6.54 Å². The van der Waals surface area contributed by atoms with Crippen LogP contribution in [0.25, 0.3) is 11.0 Å². The van der Waals surface area contributed by atoms with Crippen molar-refractivity contribution in [1.82, 2.24) is 15.0 Å². The number of benzene rings is 3. The molecule has 144 valence electrons. The molecule has 5 heteroatoms. The zero-order valence-electron chi connectivity index (χ0n) is 16.2. The van der Waals surface area contributed by atoms with Gasteiger partial charge in [0.2, 0.25) is 0 Å². The molecule has 0 bridgehead atoms. The van der Waals surface area contributed by atoms with Crippen molar-refractivity contribution in [2.24, 2.45) is 5.10 Å². The van der Waals surface area contributed by atoms with Gasteiger partial charge in [-0.15, -0.1) is 0 Å². The van der Waals surface area contributed by atoms with Crippen molar-refractivity contribution in [2.75, 3.05) is 0 Å². The molecule has 0 aliphatic carbocycles. The lowest BCUT2D eigenvalue weighted by Crippen LogP contribution is -2.25. The lowest BCUT2D eigenvalue weighted by atomic mass is 9.88. The van der Waals surface area contributed by atoms with Crippen LogP contribution >= 0.6 is 0 Å². The first-order chi connectivity index (χ1) is 14.2. The average molecular weight is 382 g/mol. The summed E-state index contributed by atoms with van der Waals surface area (Å²) in [5.41, 5.74) is 7.59. The minimum absolute atomic E-state index is 0.0215. The summed E-state index contributed by atoms with van der Waals surface area (Å²) in [6.07, 6.45) is 1.68. The molecule has 1 amide bonds. The molecule has 0 radical (unpaired) electrons. The predicted molar refractivity (Wildman–Crippen MR) is 116 cm³/mol. The van der Waals surface area contributed by atoms with Crippen LogP contribution < -0.4 is 5.43 Å². The van der Waals surface area contributed by atoms with Crippen LogP contribution in [0.2, 0.25) is 0 Å². The number of carbonyl (C=O) groups excluding carboxylic acids is 1. The zero-order chi connectivity index (χ0) is 20.1. The Hall–Kier alpha value is -3.73. The Morgan fingerprint density at radius 3 is 2.17 bits per heavy atom. The molecule has 1 N–H and O–H groups in total. The smallest absolute Gasteiger partial charge is 0.260 e. The number of fused-ring (bicyclic) bond motifs is 1. The van der Waals surface area contributed by atoms with Gasteiger partial charge in [-0.2, -0.15) is 5.10 Å². The molecular weight excluding hydrogens is 360 g/mol. The van der Waals surface area contributed by atoms with Gasteiger partial charge in [0.05, 0.1) is 17.4 Å². The summed E-state index contributed by atoms with van der Waals surface area (Å²) in [4.78, 5) is 16.8. The van der Waals surface area contributed by atoms with E-state index in [1.165, 1.54) is 0 Å². The Kier molecular flexibility index (Phi) is 5.47. The maximum atomic E-state index is 12.5. The minimum atomic E-state index is -0.188.